The van der Waals surface area contributed by atoms with Gasteiger partial charge in [-0.15, -0.1) is 0 Å². The lowest BCUT2D eigenvalue weighted by atomic mass is 10.1. The summed E-state index contributed by atoms with van der Waals surface area (Å²) in [5.41, 5.74) is 2.10. The van der Waals surface area contributed by atoms with Crippen molar-refractivity contribution in [2.75, 3.05) is 6.54 Å². The van der Waals surface area contributed by atoms with Gasteiger partial charge in [0.1, 0.15) is 11.6 Å². The zero-order valence-electron chi connectivity index (χ0n) is 11.1. The average molecular weight is 275 g/mol. The smallest absolute Gasteiger partial charge is 0.251 e. The minimum atomic E-state index is -0.606. The summed E-state index contributed by atoms with van der Waals surface area (Å²) in [6.45, 7) is 2.24. The molecule has 0 aliphatic heterocycles. The van der Waals surface area contributed by atoms with E-state index < -0.39 is 11.6 Å². The van der Waals surface area contributed by atoms with Crippen molar-refractivity contribution in [1.82, 2.24) is 5.32 Å². The van der Waals surface area contributed by atoms with Crippen molar-refractivity contribution in [2.24, 2.45) is 0 Å². The van der Waals surface area contributed by atoms with Crippen LogP contribution in [0.5, 0.6) is 0 Å². The van der Waals surface area contributed by atoms with Gasteiger partial charge in [-0.05, 0) is 43.2 Å². The van der Waals surface area contributed by atoms with E-state index in [-0.39, 0.29) is 5.91 Å². The van der Waals surface area contributed by atoms with Gasteiger partial charge in [-0.2, -0.15) is 0 Å². The molecule has 0 aliphatic carbocycles. The van der Waals surface area contributed by atoms with Crippen LogP contribution in [0.25, 0.3) is 0 Å². The fourth-order valence-corrected chi connectivity index (χ4v) is 1.96. The maximum Gasteiger partial charge on any atom is 0.251 e. The summed E-state index contributed by atoms with van der Waals surface area (Å²) in [7, 11) is 0. The Morgan fingerprint density at radius 3 is 2.45 bits per heavy atom. The highest BCUT2D eigenvalue weighted by molar-refractivity contribution is 5.94. The molecular weight excluding hydrogens is 260 g/mol. The number of amides is 1. The van der Waals surface area contributed by atoms with Crippen LogP contribution in [0.15, 0.2) is 42.5 Å². The molecule has 0 unspecified atom stereocenters. The number of carbonyl (C=O) groups is 1. The van der Waals surface area contributed by atoms with Gasteiger partial charge in [0.2, 0.25) is 0 Å². The van der Waals surface area contributed by atoms with E-state index in [0.29, 0.717) is 24.1 Å². The minimum Gasteiger partial charge on any atom is -0.352 e. The predicted octanol–water partition coefficient (Wildman–Crippen LogP) is 3.25. The summed E-state index contributed by atoms with van der Waals surface area (Å²) in [5, 5.41) is 2.73. The minimum absolute atomic E-state index is 0.189. The third-order valence-corrected chi connectivity index (χ3v) is 2.90. The van der Waals surface area contributed by atoms with Gasteiger partial charge in [0, 0.05) is 18.2 Å². The number of benzene rings is 2. The van der Waals surface area contributed by atoms with E-state index in [4.69, 9.17) is 0 Å². The molecular formula is C16H15F2NO. The van der Waals surface area contributed by atoms with Crippen LogP contribution in [0.4, 0.5) is 8.78 Å². The van der Waals surface area contributed by atoms with Crippen LogP contribution in [0.2, 0.25) is 0 Å². The first-order valence-corrected chi connectivity index (χ1v) is 6.34. The first-order chi connectivity index (χ1) is 9.54. The molecule has 0 atom stereocenters. The number of aryl methyl sites for hydroxylation is 1. The molecule has 2 aromatic rings. The van der Waals surface area contributed by atoms with Gasteiger partial charge in [0.05, 0.1) is 0 Å². The molecule has 1 amide bonds. The van der Waals surface area contributed by atoms with Crippen molar-refractivity contribution in [3.63, 3.8) is 0 Å². The highest BCUT2D eigenvalue weighted by Gasteiger charge is 2.05. The molecule has 20 heavy (non-hydrogen) atoms. The van der Waals surface area contributed by atoms with E-state index in [1.165, 1.54) is 12.1 Å². The molecule has 2 rings (SSSR count). The molecule has 0 radical (unpaired) electrons. The summed E-state index contributed by atoms with van der Waals surface area (Å²) in [6.07, 6.45) is 0.381. The summed E-state index contributed by atoms with van der Waals surface area (Å²) in [5.74, 6) is -1.40. The van der Waals surface area contributed by atoms with Crippen molar-refractivity contribution < 1.29 is 13.6 Å². The van der Waals surface area contributed by atoms with E-state index in [1.54, 1.807) is 12.1 Å². The van der Waals surface area contributed by atoms with E-state index in [9.17, 15) is 13.6 Å². The second-order valence-corrected chi connectivity index (χ2v) is 4.65. The van der Waals surface area contributed by atoms with Crippen LogP contribution in [0.3, 0.4) is 0 Å². The number of hydrogen-bond donors (Lipinski definition) is 1. The Labute approximate surface area is 116 Å². The summed E-state index contributed by atoms with van der Waals surface area (Å²) in [6, 6.07) is 10.6. The lowest BCUT2D eigenvalue weighted by Crippen LogP contribution is -2.25. The molecule has 0 saturated heterocycles. The first-order valence-electron chi connectivity index (χ1n) is 6.34. The lowest BCUT2D eigenvalue weighted by Gasteiger charge is -2.06. The van der Waals surface area contributed by atoms with Crippen molar-refractivity contribution in [3.05, 3.63) is 70.8 Å². The fraction of sp³-hybridized carbons (Fsp3) is 0.188. The largest absolute Gasteiger partial charge is 0.352 e. The molecule has 0 spiro atoms. The van der Waals surface area contributed by atoms with E-state index in [2.05, 4.69) is 5.32 Å². The maximum absolute atomic E-state index is 13.0. The van der Waals surface area contributed by atoms with Crippen LogP contribution in [-0.2, 0) is 6.42 Å². The van der Waals surface area contributed by atoms with Crippen molar-refractivity contribution in [2.45, 2.75) is 13.3 Å². The SMILES string of the molecule is Cc1cccc(C(=O)NCCc2cc(F)cc(F)c2)c1. The lowest BCUT2D eigenvalue weighted by molar-refractivity contribution is 0.0954. The Kier molecular flexibility index (Phi) is 4.45. The third kappa shape index (κ3) is 3.88. The zero-order chi connectivity index (χ0) is 14.5. The van der Waals surface area contributed by atoms with Crippen molar-refractivity contribution in [3.8, 4) is 0 Å². The molecule has 104 valence electrons. The molecule has 0 aromatic heterocycles. The fourth-order valence-electron chi connectivity index (χ4n) is 1.96. The number of rotatable bonds is 4. The molecule has 0 aliphatic rings. The van der Waals surface area contributed by atoms with E-state index in [0.717, 1.165) is 11.6 Å². The number of nitrogens with one attached hydrogen (secondary N) is 1. The van der Waals surface area contributed by atoms with Crippen LogP contribution in [-0.4, -0.2) is 12.5 Å². The predicted molar refractivity (Wildman–Crippen MR) is 73.6 cm³/mol. The van der Waals surface area contributed by atoms with Crippen LogP contribution in [0, 0.1) is 18.6 Å². The van der Waals surface area contributed by atoms with Gasteiger partial charge in [-0.3, -0.25) is 4.79 Å². The Morgan fingerprint density at radius 2 is 1.80 bits per heavy atom. The third-order valence-electron chi connectivity index (χ3n) is 2.90. The monoisotopic (exact) mass is 275 g/mol. The van der Waals surface area contributed by atoms with Crippen molar-refractivity contribution >= 4 is 5.91 Å². The normalized spacial score (nSPS) is 10.3. The summed E-state index contributed by atoms with van der Waals surface area (Å²) in [4.78, 5) is 11.9. The average Bonchev–Trinajstić information content (AvgIpc) is 2.37. The van der Waals surface area contributed by atoms with Gasteiger partial charge < -0.3 is 5.32 Å². The van der Waals surface area contributed by atoms with Crippen LogP contribution in [0.1, 0.15) is 21.5 Å². The molecule has 0 bridgehead atoms. The molecule has 0 heterocycles. The number of carbonyl (C=O) groups excluding carboxylic acids is 1. The molecule has 2 aromatic carbocycles. The molecule has 0 fully saturated rings. The molecule has 4 heteroatoms. The second-order valence-electron chi connectivity index (χ2n) is 4.65. The summed E-state index contributed by atoms with van der Waals surface area (Å²) >= 11 is 0. The van der Waals surface area contributed by atoms with Gasteiger partial charge in [0.15, 0.2) is 0 Å². The van der Waals surface area contributed by atoms with Gasteiger partial charge >= 0.3 is 0 Å². The van der Waals surface area contributed by atoms with E-state index in [1.807, 2.05) is 19.1 Å². The summed E-state index contributed by atoms with van der Waals surface area (Å²) < 4.78 is 26.0. The van der Waals surface area contributed by atoms with Gasteiger partial charge in [0.25, 0.3) is 5.91 Å². The first kappa shape index (κ1) is 14.2. The van der Waals surface area contributed by atoms with Crippen LogP contribution < -0.4 is 5.32 Å². The number of halogens is 2. The van der Waals surface area contributed by atoms with Gasteiger partial charge in [-0.1, -0.05) is 17.7 Å². The van der Waals surface area contributed by atoms with Crippen molar-refractivity contribution in [1.29, 1.82) is 0 Å². The molecule has 0 saturated carbocycles. The zero-order valence-corrected chi connectivity index (χ0v) is 11.1. The van der Waals surface area contributed by atoms with Crippen LogP contribution >= 0.6 is 0 Å². The number of hydrogen-bond acceptors (Lipinski definition) is 1. The highest BCUT2D eigenvalue weighted by Crippen LogP contribution is 2.08. The topological polar surface area (TPSA) is 29.1 Å². The standard InChI is InChI=1S/C16H15F2NO/c1-11-3-2-4-13(7-11)16(20)19-6-5-12-8-14(17)10-15(18)9-12/h2-4,7-10H,5-6H2,1H3,(H,19,20). The second kappa shape index (κ2) is 6.28. The van der Waals surface area contributed by atoms with E-state index >= 15 is 0 Å². The Morgan fingerprint density at radius 1 is 1.10 bits per heavy atom. The maximum atomic E-state index is 13.0. The highest BCUT2D eigenvalue weighted by atomic mass is 19.1. The quantitative estimate of drug-likeness (QED) is 0.911. The Balaban J connectivity index is 1.91. The Hall–Kier alpha value is -2.23. The Bertz CT molecular complexity index is 605. The van der Waals surface area contributed by atoms with Gasteiger partial charge in [-0.25, -0.2) is 8.78 Å². The molecule has 2 nitrogen and oxygen atoms in total. The molecule has 1 N–H and O–H groups in total.